The van der Waals surface area contributed by atoms with Gasteiger partial charge in [0.15, 0.2) is 5.60 Å². The minimum Gasteiger partial charge on any atom is -0.430 e. The highest BCUT2D eigenvalue weighted by Crippen LogP contribution is 2.27. The van der Waals surface area contributed by atoms with Crippen LogP contribution in [0.15, 0.2) is 54.6 Å². The molecule has 1 saturated heterocycles. The van der Waals surface area contributed by atoms with E-state index >= 15 is 0 Å². The van der Waals surface area contributed by atoms with Crippen LogP contribution in [-0.2, 0) is 4.74 Å². The first kappa shape index (κ1) is 24.4. The molecule has 1 amide bonds. The summed E-state index contributed by atoms with van der Waals surface area (Å²) in [6.07, 6.45) is 8.57. The maximum Gasteiger partial charge on any atom is 0.406 e. The van der Waals surface area contributed by atoms with Crippen molar-refractivity contribution in [1.82, 2.24) is 4.90 Å². The highest BCUT2D eigenvalue weighted by molar-refractivity contribution is 5.85. The van der Waals surface area contributed by atoms with E-state index in [4.69, 9.17) is 16.9 Å². The summed E-state index contributed by atoms with van der Waals surface area (Å²) in [5, 5.41) is 0. The molecule has 2 aromatic rings. The number of amides is 1. The molecule has 1 heterocycles. The largest absolute Gasteiger partial charge is 0.430 e. The predicted octanol–water partition coefficient (Wildman–Crippen LogP) is 4.77. The van der Waals surface area contributed by atoms with Crippen molar-refractivity contribution in [2.45, 2.75) is 24.9 Å². The Labute approximate surface area is 187 Å². The monoisotopic (exact) mass is 446 g/mol. The van der Waals surface area contributed by atoms with Crippen molar-refractivity contribution >= 4 is 24.1 Å². The van der Waals surface area contributed by atoms with Crippen LogP contribution in [0.4, 0.5) is 13.6 Å². The minimum atomic E-state index is -0.925. The molecule has 31 heavy (non-hydrogen) atoms. The summed E-state index contributed by atoms with van der Waals surface area (Å²) in [5.74, 6) is 1.96. The van der Waals surface area contributed by atoms with Gasteiger partial charge in [0.2, 0.25) is 0 Å². The zero-order chi connectivity index (χ0) is 21.6. The maximum absolute atomic E-state index is 13.3. The first-order valence-electron chi connectivity index (χ1n) is 9.81. The van der Waals surface area contributed by atoms with Gasteiger partial charge in [-0.15, -0.1) is 18.8 Å². The second kappa shape index (κ2) is 10.9. The predicted molar refractivity (Wildman–Crippen MR) is 120 cm³/mol. The zero-order valence-electron chi connectivity index (χ0n) is 17.0. The molecule has 0 aromatic heterocycles. The molecule has 0 radical (unpaired) electrons. The quantitative estimate of drug-likeness (QED) is 0.650. The van der Waals surface area contributed by atoms with Gasteiger partial charge in [-0.1, -0.05) is 36.3 Å². The van der Waals surface area contributed by atoms with Crippen LogP contribution in [0.25, 0.3) is 5.57 Å². The van der Waals surface area contributed by atoms with Crippen LogP contribution in [0.5, 0.6) is 0 Å². The topological polar surface area (TPSA) is 55.6 Å². The molecule has 1 aliphatic rings. The van der Waals surface area contributed by atoms with E-state index in [9.17, 15) is 13.6 Å². The van der Waals surface area contributed by atoms with E-state index < -0.39 is 11.7 Å². The smallest absolute Gasteiger partial charge is 0.406 e. The van der Waals surface area contributed by atoms with Gasteiger partial charge in [0.05, 0.1) is 0 Å². The standard InChI is InChI=1S/C24H24F2N2O2.ClH/c1-2-24(30-23(27)29)13-16-28(17-14-24)15-3-4-22(18-5-9-20(25)10-6-18)19-7-11-21(26)12-8-19;/h1,4-12H,3,13-17H2,(H2,27,29);1H. The first-order valence-corrected chi connectivity index (χ1v) is 9.81. The third-order valence-electron chi connectivity index (χ3n) is 5.33. The molecule has 0 spiro atoms. The number of carbonyl (C=O) groups excluding carboxylic acids is 1. The van der Waals surface area contributed by atoms with Gasteiger partial charge >= 0.3 is 6.09 Å². The Morgan fingerprint density at radius 3 is 1.97 bits per heavy atom. The number of halogens is 3. The number of nitrogens with zero attached hydrogens (tertiary/aromatic N) is 1. The number of likely N-dealkylation sites (tertiary alicyclic amines) is 1. The van der Waals surface area contributed by atoms with Gasteiger partial charge in [-0.25, -0.2) is 13.6 Å². The van der Waals surface area contributed by atoms with E-state index in [1.54, 1.807) is 24.3 Å². The van der Waals surface area contributed by atoms with Crippen molar-refractivity contribution in [1.29, 1.82) is 0 Å². The summed E-state index contributed by atoms with van der Waals surface area (Å²) in [6, 6.07) is 12.5. The Morgan fingerprint density at radius 1 is 1.06 bits per heavy atom. The van der Waals surface area contributed by atoms with E-state index in [1.165, 1.54) is 24.3 Å². The normalized spacial score (nSPS) is 15.3. The van der Waals surface area contributed by atoms with Crippen LogP contribution in [0, 0.1) is 24.0 Å². The van der Waals surface area contributed by atoms with Gasteiger partial charge in [0.1, 0.15) is 11.6 Å². The number of carbonyl (C=O) groups is 1. The second-order valence-electron chi connectivity index (χ2n) is 7.32. The molecule has 0 aliphatic carbocycles. The number of nitrogens with two attached hydrogens (primary N) is 1. The van der Waals surface area contributed by atoms with Gasteiger partial charge < -0.3 is 15.4 Å². The SMILES string of the molecule is C#CC1(OC(N)=O)CCN(CCC=C(c2ccc(F)cc2)c2ccc(F)cc2)CC1.Cl. The van der Waals surface area contributed by atoms with E-state index in [-0.39, 0.29) is 24.0 Å². The third-order valence-corrected chi connectivity index (χ3v) is 5.33. The molecule has 4 nitrogen and oxygen atoms in total. The average Bonchev–Trinajstić information content (AvgIpc) is 2.74. The number of ether oxygens (including phenoxy) is 1. The van der Waals surface area contributed by atoms with Crippen LogP contribution >= 0.6 is 12.4 Å². The van der Waals surface area contributed by atoms with Crippen LogP contribution in [0.3, 0.4) is 0 Å². The number of primary amides is 1. The molecule has 0 saturated carbocycles. The molecule has 1 aliphatic heterocycles. The van der Waals surface area contributed by atoms with Crippen LogP contribution in [0.1, 0.15) is 30.4 Å². The minimum absolute atomic E-state index is 0. The van der Waals surface area contributed by atoms with Crippen molar-refractivity contribution in [2.24, 2.45) is 5.73 Å². The highest BCUT2D eigenvalue weighted by Gasteiger charge is 2.35. The molecule has 1 fully saturated rings. The van der Waals surface area contributed by atoms with Gasteiger partial charge in [0, 0.05) is 32.5 Å². The number of rotatable bonds is 6. The van der Waals surface area contributed by atoms with Crippen LogP contribution < -0.4 is 5.73 Å². The van der Waals surface area contributed by atoms with E-state index in [2.05, 4.69) is 16.9 Å². The lowest BCUT2D eigenvalue weighted by Crippen LogP contribution is -2.47. The summed E-state index contributed by atoms with van der Waals surface area (Å²) in [6.45, 7) is 2.16. The van der Waals surface area contributed by atoms with Crippen molar-refractivity contribution in [3.8, 4) is 12.3 Å². The van der Waals surface area contributed by atoms with Crippen LogP contribution in [-0.4, -0.2) is 36.2 Å². The summed E-state index contributed by atoms with van der Waals surface area (Å²) >= 11 is 0. The van der Waals surface area contributed by atoms with E-state index in [0.29, 0.717) is 25.9 Å². The van der Waals surface area contributed by atoms with Gasteiger partial charge in [-0.05, 0) is 47.4 Å². The Balaban J connectivity index is 0.00000341. The molecule has 2 N–H and O–H groups in total. The van der Waals surface area contributed by atoms with Crippen molar-refractivity contribution in [3.05, 3.63) is 77.4 Å². The molecule has 7 heteroatoms. The lowest BCUT2D eigenvalue weighted by atomic mass is 9.91. The number of hydrogen-bond acceptors (Lipinski definition) is 3. The summed E-state index contributed by atoms with van der Waals surface area (Å²) < 4.78 is 31.8. The molecule has 3 rings (SSSR count). The van der Waals surface area contributed by atoms with Crippen molar-refractivity contribution in [3.63, 3.8) is 0 Å². The van der Waals surface area contributed by atoms with Crippen molar-refractivity contribution < 1.29 is 18.3 Å². The fraction of sp³-hybridized carbons (Fsp3) is 0.292. The lowest BCUT2D eigenvalue weighted by molar-refractivity contribution is 0.0103. The fourth-order valence-electron chi connectivity index (χ4n) is 3.66. The Morgan fingerprint density at radius 2 is 1.55 bits per heavy atom. The Hall–Kier alpha value is -2.88. The number of terminal acetylenes is 1. The van der Waals surface area contributed by atoms with Gasteiger partial charge in [-0.2, -0.15) is 0 Å². The molecular weight excluding hydrogens is 422 g/mol. The Kier molecular flexibility index (Phi) is 8.61. The van der Waals surface area contributed by atoms with E-state index in [0.717, 1.165) is 29.7 Å². The lowest BCUT2D eigenvalue weighted by Gasteiger charge is -2.37. The number of piperidine rings is 1. The zero-order valence-corrected chi connectivity index (χ0v) is 17.8. The molecule has 164 valence electrons. The summed E-state index contributed by atoms with van der Waals surface area (Å²) in [4.78, 5) is 13.3. The number of hydrogen-bond donors (Lipinski definition) is 1. The number of benzene rings is 2. The maximum atomic E-state index is 13.3. The first-order chi connectivity index (χ1) is 14.4. The fourth-order valence-corrected chi connectivity index (χ4v) is 3.66. The highest BCUT2D eigenvalue weighted by atomic mass is 35.5. The van der Waals surface area contributed by atoms with Crippen LogP contribution in [0.2, 0.25) is 0 Å². The molecular formula is C24H25ClF2N2O2. The molecule has 0 atom stereocenters. The second-order valence-corrected chi connectivity index (χ2v) is 7.32. The molecule has 0 unspecified atom stereocenters. The summed E-state index contributed by atoms with van der Waals surface area (Å²) in [5.41, 5.74) is 6.86. The average molecular weight is 447 g/mol. The van der Waals surface area contributed by atoms with E-state index in [1.807, 2.05) is 0 Å². The summed E-state index contributed by atoms with van der Waals surface area (Å²) in [7, 11) is 0. The third kappa shape index (κ3) is 6.55. The van der Waals surface area contributed by atoms with Crippen molar-refractivity contribution in [2.75, 3.05) is 19.6 Å². The molecule has 2 aromatic carbocycles. The van der Waals surface area contributed by atoms with Gasteiger partial charge in [0.25, 0.3) is 0 Å². The Bertz CT molecular complexity index is 898. The van der Waals surface area contributed by atoms with Gasteiger partial charge in [-0.3, -0.25) is 0 Å². The molecule has 0 bridgehead atoms.